The van der Waals surface area contributed by atoms with Crippen molar-refractivity contribution < 1.29 is 19.1 Å². The number of nitrogens with one attached hydrogen (secondary N) is 1. The van der Waals surface area contributed by atoms with Crippen LogP contribution in [0.2, 0.25) is 0 Å². The molecule has 0 radical (unpaired) electrons. The van der Waals surface area contributed by atoms with Crippen LogP contribution in [0, 0.1) is 0 Å². The fraction of sp³-hybridized carbons (Fsp3) is 0.833. The highest BCUT2D eigenvalue weighted by Crippen LogP contribution is 2.08. The molecule has 1 atom stereocenters. The van der Waals surface area contributed by atoms with Gasteiger partial charge in [-0.25, -0.2) is 9.59 Å². The SMILES string of the molecule is C[C@@H](NC(=O)N1CCOCC1)C(=O)OC(C)(C)C. The third-order valence-electron chi connectivity index (χ3n) is 2.40. The Kier molecular flexibility index (Phi) is 4.95. The van der Waals surface area contributed by atoms with Gasteiger partial charge in [0.15, 0.2) is 0 Å². The molecule has 1 rings (SSSR count). The first kappa shape index (κ1) is 14.8. The second kappa shape index (κ2) is 6.04. The zero-order valence-electron chi connectivity index (χ0n) is 11.5. The zero-order chi connectivity index (χ0) is 13.8. The van der Waals surface area contributed by atoms with Crippen LogP contribution in [-0.2, 0) is 14.3 Å². The summed E-state index contributed by atoms with van der Waals surface area (Å²) >= 11 is 0. The van der Waals surface area contributed by atoms with Crippen LogP contribution in [0.15, 0.2) is 0 Å². The van der Waals surface area contributed by atoms with Gasteiger partial charge < -0.3 is 19.7 Å². The van der Waals surface area contributed by atoms with Gasteiger partial charge in [-0.3, -0.25) is 0 Å². The molecule has 0 bridgehead atoms. The Morgan fingerprint density at radius 2 is 1.83 bits per heavy atom. The number of esters is 1. The van der Waals surface area contributed by atoms with Crippen molar-refractivity contribution in [3.05, 3.63) is 0 Å². The van der Waals surface area contributed by atoms with E-state index in [1.54, 1.807) is 32.6 Å². The lowest BCUT2D eigenvalue weighted by Crippen LogP contribution is -2.51. The third kappa shape index (κ3) is 4.91. The molecule has 104 valence electrons. The minimum absolute atomic E-state index is 0.253. The van der Waals surface area contributed by atoms with Crippen molar-refractivity contribution in [2.45, 2.75) is 39.3 Å². The fourth-order valence-electron chi connectivity index (χ4n) is 1.49. The summed E-state index contributed by atoms with van der Waals surface area (Å²) < 4.78 is 10.3. The maximum atomic E-state index is 11.8. The van der Waals surface area contributed by atoms with E-state index in [4.69, 9.17) is 9.47 Å². The molecule has 1 aliphatic rings. The monoisotopic (exact) mass is 258 g/mol. The number of hydrogen-bond donors (Lipinski definition) is 1. The number of rotatable bonds is 2. The van der Waals surface area contributed by atoms with Crippen LogP contribution in [-0.4, -0.2) is 54.8 Å². The van der Waals surface area contributed by atoms with Gasteiger partial charge in [0, 0.05) is 13.1 Å². The molecule has 0 saturated carbocycles. The average molecular weight is 258 g/mol. The van der Waals surface area contributed by atoms with E-state index in [1.165, 1.54) is 0 Å². The van der Waals surface area contributed by atoms with Crippen molar-refractivity contribution in [2.75, 3.05) is 26.3 Å². The van der Waals surface area contributed by atoms with E-state index in [0.29, 0.717) is 26.3 Å². The quantitative estimate of drug-likeness (QED) is 0.742. The Morgan fingerprint density at radius 3 is 2.33 bits per heavy atom. The standard InChI is InChI=1S/C12H22N2O4/c1-9(10(15)18-12(2,3)4)13-11(16)14-5-7-17-8-6-14/h9H,5-8H2,1-4H3,(H,13,16)/t9-/m1/s1. The van der Waals surface area contributed by atoms with Crippen molar-refractivity contribution in [3.63, 3.8) is 0 Å². The van der Waals surface area contributed by atoms with Crippen molar-refractivity contribution in [1.29, 1.82) is 0 Å². The summed E-state index contributed by atoms with van der Waals surface area (Å²) in [7, 11) is 0. The Bertz CT molecular complexity index is 306. The molecule has 0 unspecified atom stereocenters. The van der Waals surface area contributed by atoms with Crippen molar-refractivity contribution >= 4 is 12.0 Å². The smallest absolute Gasteiger partial charge is 0.328 e. The first-order chi connectivity index (χ1) is 8.29. The normalized spacial score (nSPS) is 18.1. The number of hydrogen-bond acceptors (Lipinski definition) is 4. The molecule has 1 N–H and O–H groups in total. The van der Waals surface area contributed by atoms with Crippen LogP contribution in [0.3, 0.4) is 0 Å². The molecule has 6 heteroatoms. The highest BCUT2D eigenvalue weighted by atomic mass is 16.6. The molecule has 1 heterocycles. The maximum Gasteiger partial charge on any atom is 0.328 e. The van der Waals surface area contributed by atoms with E-state index >= 15 is 0 Å². The Balaban J connectivity index is 2.41. The zero-order valence-corrected chi connectivity index (χ0v) is 11.5. The van der Waals surface area contributed by atoms with Crippen LogP contribution < -0.4 is 5.32 Å². The Labute approximate surface area is 108 Å². The van der Waals surface area contributed by atoms with E-state index < -0.39 is 17.6 Å². The fourth-order valence-corrected chi connectivity index (χ4v) is 1.49. The van der Waals surface area contributed by atoms with Crippen molar-refractivity contribution in [3.8, 4) is 0 Å². The number of urea groups is 1. The van der Waals surface area contributed by atoms with E-state index in [0.717, 1.165) is 0 Å². The van der Waals surface area contributed by atoms with E-state index in [1.807, 2.05) is 0 Å². The molecule has 6 nitrogen and oxygen atoms in total. The van der Waals surface area contributed by atoms with Gasteiger partial charge in [0.05, 0.1) is 13.2 Å². The van der Waals surface area contributed by atoms with Crippen LogP contribution in [0.4, 0.5) is 4.79 Å². The second-order valence-corrected chi connectivity index (χ2v) is 5.30. The van der Waals surface area contributed by atoms with Crippen LogP contribution in [0.25, 0.3) is 0 Å². The number of amides is 2. The van der Waals surface area contributed by atoms with E-state index in [-0.39, 0.29) is 6.03 Å². The lowest BCUT2D eigenvalue weighted by molar-refractivity contribution is -0.156. The first-order valence-electron chi connectivity index (χ1n) is 6.15. The summed E-state index contributed by atoms with van der Waals surface area (Å²) in [4.78, 5) is 25.2. The van der Waals surface area contributed by atoms with Gasteiger partial charge in [-0.2, -0.15) is 0 Å². The summed E-state index contributed by atoms with van der Waals surface area (Å²) in [5.41, 5.74) is -0.547. The van der Waals surface area contributed by atoms with Crippen LogP contribution in [0.1, 0.15) is 27.7 Å². The van der Waals surface area contributed by atoms with Gasteiger partial charge in [-0.1, -0.05) is 0 Å². The van der Waals surface area contributed by atoms with E-state index in [9.17, 15) is 9.59 Å². The maximum absolute atomic E-state index is 11.8. The third-order valence-corrected chi connectivity index (χ3v) is 2.40. The molecular formula is C12H22N2O4. The number of morpholine rings is 1. The number of carbonyl (C=O) groups is 2. The Morgan fingerprint density at radius 1 is 1.28 bits per heavy atom. The molecule has 1 saturated heterocycles. The molecule has 0 aromatic rings. The second-order valence-electron chi connectivity index (χ2n) is 5.30. The molecule has 0 spiro atoms. The molecule has 1 aliphatic heterocycles. The van der Waals surface area contributed by atoms with Gasteiger partial charge in [0.2, 0.25) is 0 Å². The van der Waals surface area contributed by atoms with Crippen molar-refractivity contribution in [2.24, 2.45) is 0 Å². The molecular weight excluding hydrogens is 236 g/mol. The summed E-state index contributed by atoms with van der Waals surface area (Å²) in [6, 6.07) is -0.906. The molecule has 1 fully saturated rings. The number of carbonyl (C=O) groups excluding carboxylic acids is 2. The number of ether oxygens (including phenoxy) is 2. The van der Waals surface area contributed by atoms with Crippen LogP contribution in [0.5, 0.6) is 0 Å². The molecule has 2 amide bonds. The molecule has 18 heavy (non-hydrogen) atoms. The highest BCUT2D eigenvalue weighted by molar-refractivity contribution is 5.83. The highest BCUT2D eigenvalue weighted by Gasteiger charge is 2.25. The number of nitrogens with zero attached hydrogens (tertiary/aromatic N) is 1. The summed E-state index contributed by atoms with van der Waals surface area (Å²) in [6.45, 7) is 9.17. The first-order valence-corrected chi connectivity index (χ1v) is 6.15. The molecule has 0 aliphatic carbocycles. The average Bonchev–Trinajstić information content (AvgIpc) is 2.27. The van der Waals surface area contributed by atoms with Gasteiger partial charge in [-0.05, 0) is 27.7 Å². The Hall–Kier alpha value is -1.30. The predicted molar refractivity (Wildman–Crippen MR) is 66.2 cm³/mol. The predicted octanol–water partition coefficient (Wildman–Crippen LogP) is 0.758. The minimum Gasteiger partial charge on any atom is -0.458 e. The lowest BCUT2D eigenvalue weighted by atomic mass is 10.2. The lowest BCUT2D eigenvalue weighted by Gasteiger charge is -2.29. The summed E-state index contributed by atoms with van der Waals surface area (Å²) in [6.07, 6.45) is 0. The van der Waals surface area contributed by atoms with Gasteiger partial charge in [-0.15, -0.1) is 0 Å². The van der Waals surface area contributed by atoms with Crippen molar-refractivity contribution in [1.82, 2.24) is 10.2 Å². The molecule has 0 aromatic carbocycles. The van der Waals surface area contributed by atoms with E-state index in [2.05, 4.69) is 5.32 Å². The topological polar surface area (TPSA) is 67.9 Å². The van der Waals surface area contributed by atoms with Gasteiger partial charge in [0.25, 0.3) is 0 Å². The van der Waals surface area contributed by atoms with Gasteiger partial charge >= 0.3 is 12.0 Å². The summed E-state index contributed by atoms with van der Waals surface area (Å²) in [5.74, 6) is -0.427. The minimum atomic E-state index is -0.653. The van der Waals surface area contributed by atoms with Crippen LogP contribution >= 0.6 is 0 Å². The largest absolute Gasteiger partial charge is 0.458 e. The van der Waals surface area contributed by atoms with Gasteiger partial charge in [0.1, 0.15) is 11.6 Å². The summed E-state index contributed by atoms with van der Waals surface area (Å²) in [5, 5.41) is 2.63. The molecule has 0 aromatic heterocycles.